The molecule has 0 unspecified atom stereocenters. The Morgan fingerprint density at radius 3 is 2.17 bits per heavy atom. The van der Waals surface area contributed by atoms with E-state index < -0.39 is 11.9 Å². The first kappa shape index (κ1) is 17.6. The Hall–Kier alpha value is -2.76. The van der Waals surface area contributed by atoms with Crippen LogP contribution in [0.1, 0.15) is 34.6 Å². The average Bonchev–Trinajstić information content (AvgIpc) is 3.10. The van der Waals surface area contributed by atoms with E-state index >= 15 is 0 Å². The van der Waals surface area contributed by atoms with E-state index in [0.717, 1.165) is 17.0 Å². The largest absolute Gasteiger partial charge is 0.497 e. The molecule has 0 aliphatic carbocycles. The molecule has 128 valence electrons. The molecule has 1 aromatic carbocycles. The van der Waals surface area contributed by atoms with Gasteiger partial charge < -0.3 is 19.2 Å². The minimum absolute atomic E-state index is 0.290. The van der Waals surface area contributed by atoms with Gasteiger partial charge in [0.15, 0.2) is 0 Å². The van der Waals surface area contributed by atoms with Crippen molar-refractivity contribution in [3.05, 3.63) is 53.3 Å². The summed E-state index contributed by atoms with van der Waals surface area (Å²) >= 11 is 0. The summed E-state index contributed by atoms with van der Waals surface area (Å²) in [5.74, 6) is -0.787. The molecule has 0 spiro atoms. The molecule has 6 heteroatoms. The summed E-state index contributed by atoms with van der Waals surface area (Å²) in [6.45, 7) is 1.79. The summed E-state index contributed by atoms with van der Waals surface area (Å²) in [6, 6.07) is 10.9. The number of rotatable bonds is 6. The molecule has 0 bridgehead atoms. The monoisotopic (exact) mass is 331 g/mol. The van der Waals surface area contributed by atoms with Crippen LogP contribution in [-0.4, -0.2) is 38.3 Å². The number of esters is 2. The van der Waals surface area contributed by atoms with E-state index in [4.69, 9.17) is 14.2 Å². The van der Waals surface area contributed by atoms with Crippen LogP contribution in [0.3, 0.4) is 0 Å². The number of aromatic amines is 1. The zero-order valence-corrected chi connectivity index (χ0v) is 14.2. The van der Waals surface area contributed by atoms with Crippen LogP contribution in [0.2, 0.25) is 0 Å². The average molecular weight is 331 g/mol. The quantitative estimate of drug-likeness (QED) is 0.824. The summed E-state index contributed by atoms with van der Waals surface area (Å²) in [5.41, 5.74) is 1.98. The van der Waals surface area contributed by atoms with Gasteiger partial charge in [-0.15, -0.1) is 0 Å². The minimum Gasteiger partial charge on any atom is -0.497 e. The highest BCUT2D eigenvalue weighted by atomic mass is 16.5. The molecule has 0 saturated heterocycles. The van der Waals surface area contributed by atoms with Crippen LogP contribution in [0.4, 0.5) is 0 Å². The van der Waals surface area contributed by atoms with Gasteiger partial charge in [-0.05, 0) is 29.8 Å². The minimum atomic E-state index is -0.458. The smallest absolute Gasteiger partial charge is 0.354 e. The van der Waals surface area contributed by atoms with Crippen LogP contribution in [0.15, 0.2) is 36.4 Å². The number of methoxy groups -OCH3 is 3. The molecule has 24 heavy (non-hydrogen) atoms. The van der Waals surface area contributed by atoms with Gasteiger partial charge in [0.05, 0.1) is 27.2 Å². The van der Waals surface area contributed by atoms with Crippen molar-refractivity contribution >= 4 is 11.9 Å². The molecular formula is C18H21NO5. The molecule has 2 aromatic rings. The highest BCUT2D eigenvalue weighted by Gasteiger charge is 2.29. The van der Waals surface area contributed by atoms with Crippen molar-refractivity contribution in [2.45, 2.75) is 12.8 Å². The molecule has 0 aliphatic rings. The third kappa shape index (κ3) is 3.59. The molecule has 2 rings (SSSR count). The number of nitrogens with one attached hydrogen (secondary N) is 1. The maximum Gasteiger partial charge on any atom is 0.354 e. The number of H-pyrrole nitrogens is 1. The summed E-state index contributed by atoms with van der Waals surface area (Å²) in [7, 11) is 4.27. The van der Waals surface area contributed by atoms with Crippen LogP contribution < -0.4 is 4.74 Å². The van der Waals surface area contributed by atoms with Crippen molar-refractivity contribution in [1.82, 2.24) is 4.98 Å². The maximum absolute atomic E-state index is 12.1. The normalized spacial score (nSPS) is 13.0. The lowest BCUT2D eigenvalue weighted by Crippen LogP contribution is -2.22. The fourth-order valence-electron chi connectivity index (χ4n) is 2.69. The van der Waals surface area contributed by atoms with Crippen LogP contribution in [0.5, 0.6) is 5.75 Å². The van der Waals surface area contributed by atoms with E-state index in [1.54, 1.807) is 26.2 Å². The fraction of sp³-hybridized carbons (Fsp3) is 0.333. The zero-order chi connectivity index (χ0) is 17.7. The number of aromatic nitrogens is 1. The Morgan fingerprint density at radius 1 is 0.958 bits per heavy atom. The molecule has 0 fully saturated rings. The van der Waals surface area contributed by atoms with Gasteiger partial charge in [-0.1, -0.05) is 19.1 Å². The van der Waals surface area contributed by atoms with E-state index in [9.17, 15) is 9.59 Å². The number of carbonyl (C=O) groups excluding carboxylic acids is 2. The van der Waals surface area contributed by atoms with Crippen molar-refractivity contribution in [1.29, 1.82) is 0 Å². The Morgan fingerprint density at radius 2 is 1.62 bits per heavy atom. The number of carbonyl (C=O) groups is 2. The lowest BCUT2D eigenvalue weighted by atomic mass is 9.84. The third-order valence-electron chi connectivity index (χ3n) is 4.00. The second kappa shape index (κ2) is 7.68. The van der Waals surface area contributed by atoms with Gasteiger partial charge in [-0.3, -0.25) is 4.79 Å². The fourth-order valence-corrected chi connectivity index (χ4v) is 2.69. The topological polar surface area (TPSA) is 77.6 Å². The highest BCUT2D eigenvalue weighted by molar-refractivity contribution is 5.87. The molecule has 0 radical (unpaired) electrons. The van der Waals surface area contributed by atoms with Crippen LogP contribution in [0.25, 0.3) is 0 Å². The second-order valence-electron chi connectivity index (χ2n) is 5.38. The summed E-state index contributed by atoms with van der Waals surface area (Å²) in [5, 5.41) is 0. The summed E-state index contributed by atoms with van der Waals surface area (Å²) in [4.78, 5) is 26.8. The number of hydrogen-bond acceptors (Lipinski definition) is 5. The van der Waals surface area contributed by atoms with Gasteiger partial charge in [0, 0.05) is 11.6 Å². The van der Waals surface area contributed by atoms with Gasteiger partial charge in [-0.2, -0.15) is 0 Å². The molecule has 0 amide bonds. The molecular weight excluding hydrogens is 310 g/mol. The number of benzene rings is 1. The second-order valence-corrected chi connectivity index (χ2v) is 5.38. The predicted molar refractivity (Wildman–Crippen MR) is 88.1 cm³/mol. The van der Waals surface area contributed by atoms with E-state index in [2.05, 4.69) is 4.98 Å². The zero-order valence-electron chi connectivity index (χ0n) is 14.2. The first-order valence-corrected chi connectivity index (χ1v) is 7.50. The van der Waals surface area contributed by atoms with Crippen molar-refractivity contribution in [2.75, 3.05) is 21.3 Å². The summed E-state index contributed by atoms with van der Waals surface area (Å²) in [6.07, 6.45) is 0. The molecule has 1 aromatic heterocycles. The van der Waals surface area contributed by atoms with E-state index in [-0.39, 0.29) is 11.9 Å². The number of ether oxygens (including phenoxy) is 3. The lowest BCUT2D eigenvalue weighted by Gasteiger charge is -2.22. The van der Waals surface area contributed by atoms with Crippen LogP contribution >= 0.6 is 0 Å². The van der Waals surface area contributed by atoms with Gasteiger partial charge in [0.25, 0.3) is 0 Å². The van der Waals surface area contributed by atoms with E-state index in [0.29, 0.717) is 5.69 Å². The Bertz CT molecular complexity index is 704. The molecule has 1 N–H and O–H groups in total. The van der Waals surface area contributed by atoms with Gasteiger partial charge in [0.2, 0.25) is 0 Å². The SMILES string of the molecule is COC(=O)c1ccc([C@H](c2ccc(OC)cc2)[C@@H](C)C(=O)OC)[nH]1. The third-order valence-corrected chi connectivity index (χ3v) is 4.00. The standard InChI is InChI=1S/C18H21NO5/c1-11(17(20)23-3)16(12-5-7-13(22-2)8-6-12)14-9-10-15(19-14)18(21)24-4/h5-11,16,19H,1-4H3/t11-,16+/m1/s1. The molecule has 0 aliphatic heterocycles. The van der Waals surface area contributed by atoms with Crippen molar-refractivity contribution in [3.8, 4) is 5.75 Å². The van der Waals surface area contributed by atoms with E-state index in [1.165, 1.54) is 14.2 Å². The van der Waals surface area contributed by atoms with Gasteiger partial charge in [-0.25, -0.2) is 4.79 Å². The van der Waals surface area contributed by atoms with Gasteiger partial charge >= 0.3 is 11.9 Å². The molecule has 0 saturated carbocycles. The lowest BCUT2D eigenvalue weighted by molar-refractivity contribution is -0.145. The Balaban J connectivity index is 2.43. The van der Waals surface area contributed by atoms with Crippen molar-refractivity contribution in [3.63, 3.8) is 0 Å². The van der Waals surface area contributed by atoms with Gasteiger partial charge in [0.1, 0.15) is 11.4 Å². The van der Waals surface area contributed by atoms with E-state index in [1.807, 2.05) is 24.3 Å². The molecule has 6 nitrogen and oxygen atoms in total. The highest BCUT2D eigenvalue weighted by Crippen LogP contribution is 2.33. The molecule has 2 atom stereocenters. The van der Waals surface area contributed by atoms with Crippen LogP contribution in [-0.2, 0) is 14.3 Å². The first-order valence-electron chi connectivity index (χ1n) is 7.50. The predicted octanol–water partition coefficient (Wildman–Crippen LogP) is 2.75. The Kier molecular flexibility index (Phi) is 5.63. The first-order chi connectivity index (χ1) is 11.5. The molecule has 1 heterocycles. The van der Waals surface area contributed by atoms with Crippen molar-refractivity contribution < 1.29 is 23.8 Å². The maximum atomic E-state index is 12.1. The van der Waals surface area contributed by atoms with Crippen molar-refractivity contribution in [2.24, 2.45) is 5.92 Å². The summed E-state index contributed by atoms with van der Waals surface area (Å²) < 4.78 is 14.8. The van der Waals surface area contributed by atoms with Crippen LogP contribution in [0, 0.1) is 5.92 Å². The Labute approximate surface area is 140 Å². The number of hydrogen-bond donors (Lipinski definition) is 1.